The Bertz CT molecular complexity index is 2070. The number of primary amides is 1. The summed E-state index contributed by atoms with van der Waals surface area (Å²) in [4.78, 5) is 114. The zero-order chi connectivity index (χ0) is 48.9. The fraction of sp³-hybridized carbons (Fsp3) is 0.489. The fourth-order valence-electron chi connectivity index (χ4n) is 6.78. The van der Waals surface area contributed by atoms with Crippen molar-refractivity contribution in [3.63, 3.8) is 0 Å². The Labute approximate surface area is 388 Å². The number of H-pyrrole nitrogens is 1. The summed E-state index contributed by atoms with van der Waals surface area (Å²) in [5, 5.41) is 34.8. The van der Waals surface area contributed by atoms with Gasteiger partial charge in [0.2, 0.25) is 41.4 Å². The molecule has 0 aliphatic carbocycles. The first-order chi connectivity index (χ1) is 31.3. The largest absolute Gasteiger partial charge is 0.508 e. The normalized spacial score (nSPS) is 14.8. The number of aromatic nitrogens is 2. The first kappa shape index (κ1) is 53.9. The first-order valence-electron chi connectivity index (χ1n) is 21.7. The Morgan fingerprint density at radius 1 is 0.697 bits per heavy atom. The van der Waals surface area contributed by atoms with Gasteiger partial charge in [0.25, 0.3) is 0 Å². The predicted molar refractivity (Wildman–Crippen MR) is 247 cm³/mol. The number of phenols is 1. The number of nitrogens with two attached hydrogens (primary N) is 2. The molecule has 0 saturated carbocycles. The molecule has 0 saturated heterocycles. The molecule has 360 valence electrons. The van der Waals surface area contributed by atoms with Crippen molar-refractivity contribution in [2.24, 2.45) is 23.3 Å². The molecule has 13 N–H and O–H groups in total. The second kappa shape index (κ2) is 27.1. The van der Waals surface area contributed by atoms with E-state index < -0.39 is 102 Å². The maximum absolute atomic E-state index is 14.4. The van der Waals surface area contributed by atoms with Gasteiger partial charge >= 0.3 is 5.97 Å². The summed E-state index contributed by atoms with van der Waals surface area (Å²) in [6.07, 6.45) is 4.48. The van der Waals surface area contributed by atoms with Gasteiger partial charge in [0.05, 0.1) is 18.8 Å². The van der Waals surface area contributed by atoms with E-state index in [1.807, 2.05) is 20.8 Å². The lowest BCUT2D eigenvalue weighted by Gasteiger charge is -2.29. The number of thioether (sulfide) groups is 1. The first-order valence-corrected chi connectivity index (χ1v) is 23.1. The third-order valence-corrected chi connectivity index (χ3v) is 11.3. The number of nitrogens with one attached hydrogen (secondary N) is 7. The van der Waals surface area contributed by atoms with Crippen LogP contribution in [0.25, 0.3) is 0 Å². The maximum Gasteiger partial charge on any atom is 0.305 e. The SMILES string of the molecule is CC[C@H](C)[C@H](NC(=O)[C@@H](N)Cc1ccc(O)cc1)C(=O)N[C@@H](Cc1ccccc1)C(=O)N[C@@H](Cc1cnc[nH]1)C(=O)N[C@@H](CC(C)C)C(=O)N[C@@H](CCSC)C(=O)N[C@@H](CC(=O)O)C(N)=O. The molecule has 1 aromatic heterocycles. The minimum absolute atomic E-state index is 0.0146. The Morgan fingerprint density at radius 2 is 1.24 bits per heavy atom. The number of phenolic OH excluding ortho intramolecular Hbond substituents is 1. The molecule has 20 nitrogen and oxygen atoms in total. The van der Waals surface area contributed by atoms with E-state index in [0.29, 0.717) is 29.0 Å². The third-order valence-electron chi connectivity index (χ3n) is 10.7. The van der Waals surface area contributed by atoms with Gasteiger partial charge in [0, 0.05) is 24.7 Å². The van der Waals surface area contributed by atoms with Crippen molar-refractivity contribution in [2.45, 2.75) is 115 Å². The monoisotopic (exact) mass is 936 g/mol. The molecule has 2 aromatic carbocycles. The van der Waals surface area contributed by atoms with Crippen molar-refractivity contribution in [3.05, 3.63) is 83.9 Å². The van der Waals surface area contributed by atoms with Crippen LogP contribution in [0.2, 0.25) is 0 Å². The highest BCUT2D eigenvalue weighted by atomic mass is 32.2. The van der Waals surface area contributed by atoms with Gasteiger partial charge in [-0.1, -0.05) is 76.6 Å². The van der Waals surface area contributed by atoms with Gasteiger partial charge in [-0.05, 0) is 66.4 Å². The summed E-state index contributed by atoms with van der Waals surface area (Å²) >= 11 is 1.37. The van der Waals surface area contributed by atoms with Crippen LogP contribution in [0.5, 0.6) is 5.75 Å². The van der Waals surface area contributed by atoms with Gasteiger partial charge < -0.3 is 58.6 Å². The van der Waals surface area contributed by atoms with Crippen LogP contribution in [-0.4, -0.2) is 122 Å². The van der Waals surface area contributed by atoms with Gasteiger partial charge in [0.15, 0.2) is 0 Å². The zero-order valence-corrected chi connectivity index (χ0v) is 38.7. The molecule has 0 unspecified atom stereocenters. The van der Waals surface area contributed by atoms with Gasteiger partial charge in [-0.15, -0.1) is 0 Å². The van der Waals surface area contributed by atoms with E-state index in [9.17, 15) is 48.6 Å². The van der Waals surface area contributed by atoms with E-state index in [1.165, 1.54) is 36.4 Å². The number of aromatic hydroxyl groups is 1. The number of carboxylic acid groups (broad SMARTS) is 1. The van der Waals surface area contributed by atoms with E-state index in [-0.39, 0.29) is 43.8 Å². The van der Waals surface area contributed by atoms with Gasteiger partial charge in [-0.2, -0.15) is 11.8 Å². The van der Waals surface area contributed by atoms with E-state index >= 15 is 0 Å². The molecule has 1 heterocycles. The van der Waals surface area contributed by atoms with E-state index in [4.69, 9.17) is 11.5 Å². The van der Waals surface area contributed by atoms with Crippen molar-refractivity contribution >= 4 is 59.1 Å². The number of aliphatic carboxylic acids is 1. The van der Waals surface area contributed by atoms with Crippen molar-refractivity contribution in [1.82, 2.24) is 41.9 Å². The minimum atomic E-state index is -1.54. The topological polar surface area (TPSA) is 330 Å². The average molecular weight is 937 g/mol. The van der Waals surface area contributed by atoms with E-state index in [2.05, 4.69) is 41.9 Å². The number of amides is 7. The Morgan fingerprint density at radius 3 is 1.80 bits per heavy atom. The second-order valence-corrected chi connectivity index (χ2v) is 17.5. The van der Waals surface area contributed by atoms with Crippen molar-refractivity contribution in [1.29, 1.82) is 0 Å². The molecule has 0 radical (unpaired) electrons. The van der Waals surface area contributed by atoms with Crippen molar-refractivity contribution in [2.75, 3.05) is 12.0 Å². The van der Waals surface area contributed by atoms with Gasteiger partial charge in [-0.25, -0.2) is 4.98 Å². The third kappa shape index (κ3) is 18.2. The quantitative estimate of drug-likeness (QED) is 0.0464. The summed E-state index contributed by atoms with van der Waals surface area (Å²) in [5.41, 5.74) is 13.4. The summed E-state index contributed by atoms with van der Waals surface area (Å²) in [5.74, 6) is -6.99. The number of rotatable bonds is 28. The number of aromatic amines is 1. The highest BCUT2D eigenvalue weighted by Gasteiger charge is 2.35. The highest BCUT2D eigenvalue weighted by Crippen LogP contribution is 2.15. The summed E-state index contributed by atoms with van der Waals surface area (Å²) in [7, 11) is 0. The molecule has 7 amide bonds. The summed E-state index contributed by atoms with van der Waals surface area (Å²) < 4.78 is 0. The van der Waals surface area contributed by atoms with Crippen molar-refractivity contribution < 1.29 is 48.6 Å². The van der Waals surface area contributed by atoms with Crippen LogP contribution in [0, 0.1) is 11.8 Å². The highest BCUT2D eigenvalue weighted by molar-refractivity contribution is 7.98. The Kier molecular flexibility index (Phi) is 22.1. The number of carbonyl (C=O) groups is 8. The van der Waals surface area contributed by atoms with E-state index in [1.54, 1.807) is 55.6 Å². The van der Waals surface area contributed by atoms with Crippen LogP contribution in [0.4, 0.5) is 0 Å². The van der Waals surface area contributed by atoms with Crippen molar-refractivity contribution in [3.8, 4) is 5.75 Å². The number of imidazole rings is 1. The number of carboxylic acids is 1. The minimum Gasteiger partial charge on any atom is -0.508 e. The number of nitrogens with zero attached hydrogens (tertiary/aromatic N) is 1. The number of hydrogen-bond donors (Lipinski definition) is 11. The van der Waals surface area contributed by atoms with Crippen LogP contribution in [0.3, 0.4) is 0 Å². The Balaban J connectivity index is 1.90. The molecular weight excluding hydrogens is 873 g/mol. The summed E-state index contributed by atoms with van der Waals surface area (Å²) in [6, 6.07) is 6.25. The maximum atomic E-state index is 14.4. The molecule has 0 aliphatic rings. The average Bonchev–Trinajstić information content (AvgIpc) is 3.79. The molecule has 66 heavy (non-hydrogen) atoms. The van der Waals surface area contributed by atoms with Crippen LogP contribution < -0.4 is 43.4 Å². The number of carbonyl (C=O) groups excluding carboxylic acids is 7. The lowest BCUT2D eigenvalue weighted by atomic mass is 9.96. The molecule has 0 bridgehead atoms. The number of hydrogen-bond acceptors (Lipinski definition) is 12. The molecular formula is C45H64N10O10S. The molecule has 3 aromatic rings. The van der Waals surface area contributed by atoms with Gasteiger partial charge in [0.1, 0.15) is 42.0 Å². The second-order valence-electron chi connectivity index (χ2n) is 16.5. The fourth-order valence-corrected chi connectivity index (χ4v) is 7.25. The molecule has 0 fully saturated rings. The van der Waals surface area contributed by atoms with Crippen LogP contribution in [-0.2, 0) is 57.6 Å². The smallest absolute Gasteiger partial charge is 0.305 e. The molecule has 0 aliphatic heterocycles. The molecule has 3 rings (SSSR count). The zero-order valence-electron chi connectivity index (χ0n) is 37.9. The van der Waals surface area contributed by atoms with Crippen LogP contribution >= 0.6 is 11.8 Å². The van der Waals surface area contributed by atoms with Crippen LogP contribution in [0.15, 0.2) is 67.1 Å². The molecule has 21 heteroatoms. The number of benzene rings is 2. The molecule has 0 spiro atoms. The summed E-state index contributed by atoms with van der Waals surface area (Å²) in [6.45, 7) is 7.24. The van der Waals surface area contributed by atoms with Crippen LogP contribution in [0.1, 0.15) is 70.2 Å². The van der Waals surface area contributed by atoms with Gasteiger partial charge in [-0.3, -0.25) is 38.4 Å². The molecule has 8 atom stereocenters. The Hall–Kier alpha value is -6.48. The lowest BCUT2D eigenvalue weighted by Crippen LogP contribution is -2.61. The van der Waals surface area contributed by atoms with E-state index in [0.717, 1.165) is 0 Å². The standard InChI is InChI=1S/C45H64N10O10S/c1-6-26(4)38(55-40(60)31(46)19-28-12-14-30(56)15-13-28)45(65)54-35(20-27-10-8-7-9-11-27)43(63)53-36(21-29-23-48-24-49-29)44(64)52-34(18-25(2)3)42(62)50-32(16-17-66-5)41(61)51-33(39(47)59)22-37(57)58/h7-15,23-26,31-36,38,56H,6,16-22,46H2,1-5H3,(H2,47,59)(H,48,49)(H,50,62)(H,51,61)(H,52,64)(H,53,63)(H,54,65)(H,55,60)(H,57,58)/t26-,31-,32-,33-,34-,35-,36-,38-/m0/s1. The lowest BCUT2D eigenvalue weighted by molar-refractivity contribution is -0.140. The predicted octanol–water partition coefficient (Wildman–Crippen LogP) is 0.185.